The molecule has 1 saturated heterocycles. The van der Waals surface area contributed by atoms with Gasteiger partial charge in [-0.3, -0.25) is 0 Å². The summed E-state index contributed by atoms with van der Waals surface area (Å²) in [4.78, 5) is 23.7. The number of para-hydroxylation sites is 1. The number of allylic oxidation sites excluding steroid dienone is 4. The van der Waals surface area contributed by atoms with Crippen molar-refractivity contribution in [1.82, 2.24) is 0 Å². The quantitative estimate of drug-likeness (QED) is 0.213. The van der Waals surface area contributed by atoms with Crippen LogP contribution in [-0.2, 0) is 25.1 Å². The molecule has 45 heavy (non-hydrogen) atoms. The van der Waals surface area contributed by atoms with E-state index in [2.05, 4.69) is 0 Å². The predicted octanol–water partition coefficient (Wildman–Crippen LogP) is 6.54. The summed E-state index contributed by atoms with van der Waals surface area (Å²) in [7, 11) is 3.18. The van der Waals surface area contributed by atoms with Crippen molar-refractivity contribution in [2.75, 3.05) is 14.2 Å². The standard InChI is InChI=1S/C36H32N2O7/c1-41-33-18-31(36(42-2)35(44-45-36)26-12-21-11-22(14-26)15-27(35)13-21)23(16-24(33)8-10-34(39)40)7-9-28-17-30(25(19-37)20-38)29-5-3-4-6-32(29)43-28/h3-10,16-18,21-22,26-27H,11-15H2,1-2H3,(H,39,40)/b9-7+,10-8+. The number of carbonyl (C=O) groups is 1. The molecular formula is C36H32N2O7. The summed E-state index contributed by atoms with van der Waals surface area (Å²) in [5.41, 5.74) is 2.38. The van der Waals surface area contributed by atoms with Gasteiger partial charge in [0.1, 0.15) is 35.0 Å². The summed E-state index contributed by atoms with van der Waals surface area (Å²) in [6.45, 7) is 0. The molecule has 2 heterocycles. The van der Waals surface area contributed by atoms with Crippen molar-refractivity contribution in [3.8, 4) is 23.6 Å². The highest BCUT2D eigenvalue weighted by atomic mass is 17.3. The van der Waals surface area contributed by atoms with Gasteiger partial charge >= 0.3 is 5.97 Å². The van der Waals surface area contributed by atoms with E-state index in [1.807, 2.05) is 42.5 Å². The van der Waals surface area contributed by atoms with Crippen molar-refractivity contribution in [2.24, 2.45) is 23.7 Å². The third-order valence-electron chi connectivity index (χ3n) is 10.2. The first kappa shape index (κ1) is 29.1. The number of carboxylic acids is 1. The van der Waals surface area contributed by atoms with E-state index >= 15 is 0 Å². The number of methoxy groups -OCH3 is 2. The van der Waals surface area contributed by atoms with Gasteiger partial charge in [0, 0.05) is 35.4 Å². The summed E-state index contributed by atoms with van der Waals surface area (Å²) in [5, 5.41) is 28.6. The first-order valence-corrected chi connectivity index (χ1v) is 15.1. The average Bonchev–Trinajstić information content (AvgIpc) is 3.03. The molecule has 1 atom stereocenters. The largest absolute Gasteiger partial charge is 0.496 e. The molecule has 1 spiro atoms. The number of hydrogen-bond acceptors (Lipinski definition) is 8. The molecular weight excluding hydrogens is 572 g/mol. The minimum Gasteiger partial charge on any atom is -0.496 e. The van der Waals surface area contributed by atoms with Gasteiger partial charge in [0.2, 0.25) is 0 Å². The number of fused-ring (bicyclic) bond motifs is 1. The summed E-state index contributed by atoms with van der Waals surface area (Å²) < 4.78 is 18.3. The molecule has 1 unspecified atom stereocenters. The highest BCUT2D eigenvalue weighted by molar-refractivity contribution is 5.88. The predicted molar refractivity (Wildman–Crippen MR) is 163 cm³/mol. The Labute approximate surface area is 261 Å². The minimum absolute atomic E-state index is 0.0231. The molecule has 228 valence electrons. The van der Waals surface area contributed by atoms with Gasteiger partial charge in [0.25, 0.3) is 5.79 Å². The normalized spacial score (nSPS) is 30.8. The Balaban J connectivity index is 1.37. The van der Waals surface area contributed by atoms with E-state index in [1.54, 1.807) is 31.4 Å². The van der Waals surface area contributed by atoms with Crippen LogP contribution in [0.15, 0.2) is 66.0 Å². The minimum atomic E-state index is -1.22. The fraction of sp³-hybridized carbons (Fsp3) is 0.361. The van der Waals surface area contributed by atoms with Crippen molar-refractivity contribution in [3.63, 3.8) is 0 Å². The maximum atomic E-state index is 11.4. The Morgan fingerprint density at radius 1 is 0.956 bits per heavy atom. The van der Waals surface area contributed by atoms with E-state index < -0.39 is 17.4 Å². The lowest BCUT2D eigenvalue weighted by atomic mass is 9.47. The third kappa shape index (κ3) is 4.42. The van der Waals surface area contributed by atoms with E-state index in [0.717, 1.165) is 31.8 Å². The molecule has 8 rings (SSSR count). The van der Waals surface area contributed by atoms with Crippen LogP contribution in [0.1, 0.15) is 54.4 Å². The molecule has 1 N–H and O–H groups in total. The maximum Gasteiger partial charge on any atom is 0.328 e. The summed E-state index contributed by atoms with van der Waals surface area (Å²) >= 11 is 0. The molecule has 2 aromatic rings. The molecule has 4 saturated carbocycles. The number of nitriles is 2. The van der Waals surface area contributed by atoms with Crippen LogP contribution < -0.4 is 9.47 Å². The highest BCUT2D eigenvalue weighted by Crippen LogP contribution is 2.69. The first-order chi connectivity index (χ1) is 21.8. The number of hydrogen-bond donors (Lipinski definition) is 1. The topological polar surface area (TPSA) is 131 Å². The Morgan fingerprint density at radius 3 is 2.27 bits per heavy atom. The van der Waals surface area contributed by atoms with Gasteiger partial charge < -0.3 is 19.3 Å². The zero-order valence-corrected chi connectivity index (χ0v) is 25.0. The van der Waals surface area contributed by atoms with Crippen molar-refractivity contribution < 1.29 is 33.9 Å². The van der Waals surface area contributed by atoms with Gasteiger partial charge in [-0.15, -0.1) is 0 Å². The molecule has 0 aromatic heterocycles. The second-order valence-corrected chi connectivity index (χ2v) is 12.4. The van der Waals surface area contributed by atoms with Crippen LogP contribution in [0.4, 0.5) is 0 Å². The fourth-order valence-electron chi connectivity index (χ4n) is 8.60. The van der Waals surface area contributed by atoms with Crippen molar-refractivity contribution in [1.29, 1.82) is 10.5 Å². The number of ether oxygens (including phenoxy) is 3. The lowest BCUT2D eigenvalue weighted by molar-refractivity contribution is -0.645. The summed E-state index contributed by atoms with van der Waals surface area (Å²) in [5.74, 6) is 1.05. The first-order valence-electron chi connectivity index (χ1n) is 15.1. The fourth-order valence-corrected chi connectivity index (χ4v) is 8.60. The molecule has 4 aliphatic carbocycles. The molecule has 2 aliphatic heterocycles. The lowest BCUT2D eigenvalue weighted by Gasteiger charge is -2.68. The van der Waals surface area contributed by atoms with Crippen LogP contribution in [0.25, 0.3) is 17.7 Å². The molecule has 6 aliphatic rings. The van der Waals surface area contributed by atoms with Gasteiger partial charge in [0.15, 0.2) is 5.60 Å². The molecule has 4 bridgehead atoms. The van der Waals surface area contributed by atoms with E-state index in [4.69, 9.17) is 24.0 Å². The molecule has 0 amide bonds. The van der Waals surface area contributed by atoms with E-state index in [-0.39, 0.29) is 17.4 Å². The second kappa shape index (κ2) is 11.0. The maximum absolute atomic E-state index is 11.4. The smallest absolute Gasteiger partial charge is 0.328 e. The second-order valence-electron chi connectivity index (χ2n) is 12.4. The number of nitrogens with zero attached hydrogens (tertiary/aromatic N) is 2. The van der Waals surface area contributed by atoms with Crippen molar-refractivity contribution >= 4 is 23.7 Å². The third-order valence-corrected chi connectivity index (χ3v) is 10.2. The molecule has 2 aromatic carbocycles. The zero-order valence-electron chi connectivity index (χ0n) is 25.0. The van der Waals surface area contributed by atoms with Crippen LogP contribution in [0.2, 0.25) is 0 Å². The van der Waals surface area contributed by atoms with Crippen molar-refractivity contribution in [3.05, 3.63) is 88.2 Å². The summed E-state index contributed by atoms with van der Waals surface area (Å²) in [6, 6.07) is 14.9. The number of benzene rings is 2. The average molecular weight is 605 g/mol. The van der Waals surface area contributed by atoms with Crippen LogP contribution in [0.5, 0.6) is 11.5 Å². The number of rotatable bonds is 7. The van der Waals surface area contributed by atoms with Gasteiger partial charge in [-0.2, -0.15) is 15.4 Å². The Morgan fingerprint density at radius 2 is 1.67 bits per heavy atom. The Bertz CT molecular complexity index is 1740. The Hall–Kier alpha value is -4.67. The number of aliphatic carboxylic acids is 1. The van der Waals surface area contributed by atoms with E-state index in [1.165, 1.54) is 19.6 Å². The van der Waals surface area contributed by atoms with Crippen LogP contribution in [0.3, 0.4) is 0 Å². The SMILES string of the molecule is COc1cc(C2(OC)OOC23C2CC4CC(C2)CC3C4)c(/C=C/C2=CC(=C(C#N)C#N)c3ccccc3O2)cc1/C=C/C(=O)O. The highest BCUT2D eigenvalue weighted by Gasteiger charge is 2.76. The number of carboxylic acid groups (broad SMARTS) is 1. The van der Waals surface area contributed by atoms with Gasteiger partial charge in [-0.05, 0) is 97.8 Å². The zero-order chi connectivity index (χ0) is 31.3. The van der Waals surface area contributed by atoms with Crippen LogP contribution >= 0.6 is 0 Å². The van der Waals surface area contributed by atoms with Crippen molar-refractivity contribution in [2.45, 2.75) is 43.5 Å². The molecule has 9 heteroatoms. The van der Waals surface area contributed by atoms with Gasteiger partial charge in [-0.1, -0.05) is 24.3 Å². The Kier molecular flexibility index (Phi) is 7.13. The summed E-state index contributed by atoms with van der Waals surface area (Å²) in [6.07, 6.45) is 13.4. The van der Waals surface area contributed by atoms with Gasteiger partial charge in [0.05, 0.1) is 7.11 Å². The molecule has 0 radical (unpaired) electrons. The van der Waals surface area contributed by atoms with Crippen LogP contribution in [0, 0.1) is 46.3 Å². The monoisotopic (exact) mass is 604 g/mol. The van der Waals surface area contributed by atoms with Crippen LogP contribution in [-0.4, -0.2) is 30.9 Å². The lowest BCUT2D eigenvalue weighted by Crippen LogP contribution is -2.76. The van der Waals surface area contributed by atoms with Gasteiger partial charge in [-0.25, -0.2) is 9.68 Å². The molecule has 5 fully saturated rings. The molecule has 9 nitrogen and oxygen atoms in total. The van der Waals surface area contributed by atoms with E-state index in [0.29, 0.717) is 56.9 Å². The van der Waals surface area contributed by atoms with E-state index in [9.17, 15) is 20.4 Å².